The van der Waals surface area contributed by atoms with Gasteiger partial charge in [-0.3, -0.25) is 0 Å². The van der Waals surface area contributed by atoms with Crippen LogP contribution in [0.15, 0.2) is 18.2 Å². The van der Waals surface area contributed by atoms with E-state index in [0.29, 0.717) is 5.75 Å². The zero-order chi connectivity index (χ0) is 21.8. The van der Waals surface area contributed by atoms with Gasteiger partial charge in [0.1, 0.15) is 15.9 Å². The largest absolute Gasteiger partial charge is 1.00 e. The number of benzene rings is 1. The predicted molar refractivity (Wildman–Crippen MR) is 120 cm³/mol. The minimum Gasteiger partial charge on any atom is -0.745 e. The molecular weight excluding hydrogens is 407 g/mol. The van der Waals surface area contributed by atoms with E-state index in [1.165, 1.54) is 57.4 Å². The molecule has 1 atom stereocenters. The van der Waals surface area contributed by atoms with Crippen LogP contribution in [0.5, 0.6) is 5.75 Å². The fourth-order valence-corrected chi connectivity index (χ4v) is 4.01. The van der Waals surface area contributed by atoms with Crippen LogP contribution < -0.4 is 34.3 Å². The van der Waals surface area contributed by atoms with Crippen LogP contribution in [0.25, 0.3) is 0 Å². The van der Waals surface area contributed by atoms with E-state index in [9.17, 15) is 13.0 Å². The Morgan fingerprint density at radius 1 is 0.867 bits per heavy atom. The van der Waals surface area contributed by atoms with Gasteiger partial charge in [0.15, 0.2) is 4.93 Å². The minimum atomic E-state index is -4.57. The second-order valence-corrected chi connectivity index (χ2v) is 10.1. The molecule has 1 rings (SSSR count). The van der Waals surface area contributed by atoms with Gasteiger partial charge in [0.05, 0.1) is 0 Å². The number of hydrogen-bond acceptors (Lipinski definition) is 4. The van der Waals surface area contributed by atoms with Crippen molar-refractivity contribution in [3.8, 4) is 5.75 Å². The molecule has 1 aromatic rings. The van der Waals surface area contributed by atoms with Crippen molar-refractivity contribution >= 4 is 10.1 Å². The molecule has 0 saturated heterocycles. The zero-order valence-corrected chi connectivity index (χ0v) is 22.8. The summed E-state index contributed by atoms with van der Waals surface area (Å²) in [7, 11) is -4.57. The fourth-order valence-electron chi connectivity index (χ4n) is 3.47. The maximum atomic E-state index is 11.7. The Bertz CT molecular complexity index is 690. The Hall–Kier alpha value is -0.0700. The Morgan fingerprint density at radius 2 is 1.40 bits per heavy atom. The zero-order valence-electron chi connectivity index (χ0n) is 20.0. The van der Waals surface area contributed by atoms with Crippen molar-refractivity contribution in [3.05, 3.63) is 29.3 Å². The first-order valence-corrected chi connectivity index (χ1v) is 12.9. The summed E-state index contributed by atoms with van der Waals surface area (Å²) in [4.78, 5) is -1.73. The van der Waals surface area contributed by atoms with Crippen molar-refractivity contribution in [1.82, 2.24) is 0 Å². The van der Waals surface area contributed by atoms with Gasteiger partial charge in [-0.2, -0.15) is 0 Å². The Kier molecular flexibility index (Phi) is 15.6. The van der Waals surface area contributed by atoms with Crippen LogP contribution >= 0.6 is 0 Å². The molecule has 1 unspecified atom stereocenters. The van der Waals surface area contributed by atoms with E-state index in [0.717, 1.165) is 37.7 Å². The van der Waals surface area contributed by atoms with Gasteiger partial charge in [-0.1, -0.05) is 84.3 Å². The number of aryl methyl sites for hydroxylation is 2. The van der Waals surface area contributed by atoms with E-state index in [1.807, 2.05) is 12.1 Å². The van der Waals surface area contributed by atoms with Crippen LogP contribution in [0.1, 0.15) is 109 Å². The summed E-state index contributed by atoms with van der Waals surface area (Å²) in [6.45, 7) is 7.47. The third-order valence-corrected chi connectivity index (χ3v) is 7.17. The van der Waals surface area contributed by atoms with Gasteiger partial charge < -0.3 is 9.29 Å². The molecule has 0 saturated carbocycles. The van der Waals surface area contributed by atoms with Crippen molar-refractivity contribution in [2.45, 2.75) is 116 Å². The summed E-state index contributed by atoms with van der Waals surface area (Å²) in [6, 6.07) is 6.04. The first-order chi connectivity index (χ1) is 13.8. The van der Waals surface area contributed by atoms with Crippen LogP contribution in [0.4, 0.5) is 0 Å². The van der Waals surface area contributed by atoms with E-state index in [-0.39, 0.29) is 36.0 Å². The minimum absolute atomic E-state index is 0. The summed E-state index contributed by atoms with van der Waals surface area (Å²) in [5.41, 5.74) is 2.29. The van der Waals surface area contributed by atoms with E-state index in [2.05, 4.69) is 19.9 Å². The quantitative estimate of drug-likeness (QED) is 0.219. The van der Waals surface area contributed by atoms with Gasteiger partial charge in [-0.25, -0.2) is 8.42 Å². The smallest absolute Gasteiger partial charge is 0.745 e. The molecule has 0 aromatic heterocycles. The molecule has 0 aliphatic heterocycles. The average molecular weight is 449 g/mol. The monoisotopic (exact) mass is 448 g/mol. The van der Waals surface area contributed by atoms with Crippen molar-refractivity contribution in [2.75, 3.05) is 0 Å². The first-order valence-electron chi connectivity index (χ1n) is 11.5. The fraction of sp³-hybridized carbons (Fsp3) is 0.750. The molecule has 30 heavy (non-hydrogen) atoms. The number of hydrogen-bond donors (Lipinski definition) is 0. The SMILES string of the molecule is CCCCCCCc1ccc(OC(C)(CC)S(=O)(=O)[O-])c(CCCCCCC)c1.[Na+]. The average Bonchev–Trinajstić information content (AvgIpc) is 2.68. The Labute approximate surface area is 207 Å². The maximum absolute atomic E-state index is 11.7. The topological polar surface area (TPSA) is 66.4 Å². The molecule has 168 valence electrons. The molecule has 0 fully saturated rings. The van der Waals surface area contributed by atoms with Crippen LogP contribution in [0.2, 0.25) is 0 Å². The molecule has 0 radical (unpaired) electrons. The molecule has 0 amide bonds. The van der Waals surface area contributed by atoms with Gasteiger partial charge in [0.2, 0.25) is 0 Å². The van der Waals surface area contributed by atoms with Gasteiger partial charge in [-0.05, 0) is 56.2 Å². The van der Waals surface area contributed by atoms with Gasteiger partial charge in [-0.15, -0.1) is 0 Å². The molecule has 0 N–H and O–H groups in total. The molecular formula is C24H41NaO4S. The maximum Gasteiger partial charge on any atom is 1.00 e. The normalized spacial score (nSPS) is 13.5. The standard InChI is InChI=1S/C24H42O4S.Na/c1-5-8-10-12-14-16-21-18-19-23(28-24(4,7-3)29(25,26)27)22(20-21)17-15-13-11-9-6-2;/h18-20H,5-17H2,1-4H3,(H,25,26,27);/q;+1/p-1. The Morgan fingerprint density at radius 3 is 1.90 bits per heavy atom. The van der Waals surface area contributed by atoms with Gasteiger partial charge in [0.25, 0.3) is 0 Å². The molecule has 0 heterocycles. The summed E-state index contributed by atoms with van der Waals surface area (Å²) in [5, 5.41) is 0. The van der Waals surface area contributed by atoms with Gasteiger partial charge >= 0.3 is 29.6 Å². The van der Waals surface area contributed by atoms with Crippen molar-refractivity contribution in [3.63, 3.8) is 0 Å². The van der Waals surface area contributed by atoms with Crippen molar-refractivity contribution in [2.24, 2.45) is 0 Å². The molecule has 0 bridgehead atoms. The summed E-state index contributed by atoms with van der Waals surface area (Å²) >= 11 is 0. The molecule has 0 spiro atoms. The second-order valence-electron chi connectivity index (χ2n) is 8.31. The van der Waals surface area contributed by atoms with E-state index in [1.54, 1.807) is 6.92 Å². The van der Waals surface area contributed by atoms with Crippen LogP contribution in [0, 0.1) is 0 Å². The van der Waals surface area contributed by atoms with E-state index < -0.39 is 15.1 Å². The third-order valence-electron chi connectivity index (χ3n) is 5.74. The van der Waals surface area contributed by atoms with Crippen LogP contribution in [-0.2, 0) is 23.0 Å². The van der Waals surface area contributed by atoms with Crippen LogP contribution in [-0.4, -0.2) is 17.9 Å². The first kappa shape index (κ1) is 29.9. The number of rotatable bonds is 16. The van der Waals surface area contributed by atoms with Crippen molar-refractivity contribution < 1.29 is 47.3 Å². The molecule has 4 nitrogen and oxygen atoms in total. The third kappa shape index (κ3) is 10.5. The van der Waals surface area contributed by atoms with Gasteiger partial charge in [0, 0.05) is 0 Å². The number of ether oxygens (including phenoxy) is 1. The van der Waals surface area contributed by atoms with Crippen LogP contribution in [0.3, 0.4) is 0 Å². The summed E-state index contributed by atoms with van der Waals surface area (Å²) in [6.07, 6.45) is 14.1. The predicted octanol–water partition coefficient (Wildman–Crippen LogP) is 3.77. The molecule has 6 heteroatoms. The second kappa shape index (κ2) is 15.7. The summed E-state index contributed by atoms with van der Waals surface area (Å²) in [5.74, 6) is 0.541. The molecule has 1 aromatic carbocycles. The molecule has 0 aliphatic rings. The number of unbranched alkanes of at least 4 members (excludes halogenated alkanes) is 8. The van der Waals surface area contributed by atoms with E-state index in [4.69, 9.17) is 4.74 Å². The summed E-state index contributed by atoms with van der Waals surface area (Å²) < 4.78 is 41.1. The van der Waals surface area contributed by atoms with Crippen molar-refractivity contribution in [1.29, 1.82) is 0 Å². The molecule has 0 aliphatic carbocycles. The van der Waals surface area contributed by atoms with E-state index >= 15 is 0 Å². The Balaban J connectivity index is 0.00000841.